The van der Waals surface area contributed by atoms with Gasteiger partial charge in [-0.25, -0.2) is 0 Å². The van der Waals surface area contributed by atoms with Gasteiger partial charge >= 0.3 is 0 Å². The first-order chi connectivity index (χ1) is 15.6. The number of halogens is 1. The molecule has 33 heavy (non-hydrogen) atoms. The van der Waals surface area contributed by atoms with E-state index in [0.717, 1.165) is 0 Å². The summed E-state index contributed by atoms with van der Waals surface area (Å²) in [6.07, 6.45) is -1.81. The van der Waals surface area contributed by atoms with Gasteiger partial charge in [0.05, 0.1) is 14.2 Å². The molecule has 0 saturated carbocycles. The van der Waals surface area contributed by atoms with Crippen LogP contribution in [0.3, 0.4) is 0 Å². The van der Waals surface area contributed by atoms with E-state index in [-0.39, 0.29) is 23.6 Å². The van der Waals surface area contributed by atoms with Gasteiger partial charge in [-0.1, -0.05) is 49.7 Å². The minimum Gasteiger partial charge on any atom is -0.493 e. The molecule has 2 aromatic rings. The molecular weight excluding hydrogens is 446 g/mol. The third kappa shape index (κ3) is 5.34. The Labute approximate surface area is 198 Å². The lowest BCUT2D eigenvalue weighted by Gasteiger charge is -2.31. The van der Waals surface area contributed by atoms with E-state index in [1.807, 2.05) is 39.0 Å². The number of amidine groups is 1. The highest BCUT2D eigenvalue weighted by atomic mass is 35.5. The fraction of sp³-hybridized carbons (Fsp3) is 0.417. The summed E-state index contributed by atoms with van der Waals surface area (Å²) in [6.45, 7) is 6.56. The first-order valence-corrected chi connectivity index (χ1v) is 10.9. The zero-order chi connectivity index (χ0) is 24.3. The number of hydrogen-bond acceptors (Lipinski definition) is 6. The molecule has 0 bridgehead atoms. The Morgan fingerprint density at radius 3 is 2.55 bits per heavy atom. The summed E-state index contributed by atoms with van der Waals surface area (Å²) in [7, 11) is 3.10. The number of fused-ring (bicyclic) bond motifs is 1. The zero-order valence-electron chi connectivity index (χ0n) is 19.5. The summed E-state index contributed by atoms with van der Waals surface area (Å²) in [4.78, 5) is 15.4. The van der Waals surface area contributed by atoms with Crippen LogP contribution in [0.4, 0.5) is 5.69 Å². The maximum atomic E-state index is 13.7. The number of carbonyl (C=O) groups excluding carboxylic acids is 1. The molecule has 1 aliphatic heterocycles. The summed E-state index contributed by atoms with van der Waals surface area (Å²) >= 11 is 6.39. The number of hydrogen-bond donors (Lipinski definition) is 2. The van der Waals surface area contributed by atoms with Crippen LogP contribution in [0.25, 0.3) is 0 Å². The Hall–Kier alpha value is -2.97. The fourth-order valence-corrected chi connectivity index (χ4v) is 4.11. The summed E-state index contributed by atoms with van der Waals surface area (Å²) in [5, 5.41) is 12.7. The molecule has 3 N–H and O–H groups in total. The molecule has 0 unspecified atom stereocenters. The summed E-state index contributed by atoms with van der Waals surface area (Å²) < 4.78 is 17.5. The number of oxime groups is 1. The van der Waals surface area contributed by atoms with Crippen molar-refractivity contribution in [1.29, 1.82) is 0 Å². The molecule has 1 aliphatic rings. The second kappa shape index (κ2) is 9.89. The monoisotopic (exact) mass is 475 g/mol. The molecule has 178 valence electrons. The predicted molar refractivity (Wildman–Crippen MR) is 128 cm³/mol. The molecule has 3 rings (SSSR count). The zero-order valence-corrected chi connectivity index (χ0v) is 20.2. The SMILES string of the molecule is COc1cccc([C@H]2O[C@H](C/C(N)=N/O)C(=O)N(CC(C)(C)C)c3ccc(Cl)cc32)c1OC. The molecule has 1 amide bonds. The maximum Gasteiger partial charge on any atom is 0.256 e. The number of anilines is 1. The molecular formula is C24H30ClN3O5. The molecule has 0 fully saturated rings. The van der Waals surface area contributed by atoms with Crippen molar-refractivity contribution >= 4 is 29.0 Å². The predicted octanol–water partition coefficient (Wildman–Crippen LogP) is 4.36. The van der Waals surface area contributed by atoms with Crippen LogP contribution >= 0.6 is 11.6 Å². The van der Waals surface area contributed by atoms with Crippen LogP contribution in [-0.4, -0.2) is 43.8 Å². The lowest BCUT2D eigenvalue weighted by molar-refractivity contribution is -0.131. The van der Waals surface area contributed by atoms with E-state index in [9.17, 15) is 4.79 Å². The van der Waals surface area contributed by atoms with Crippen molar-refractivity contribution in [2.45, 2.75) is 39.4 Å². The van der Waals surface area contributed by atoms with E-state index in [0.29, 0.717) is 39.9 Å². The van der Waals surface area contributed by atoms with Crippen LogP contribution in [0.1, 0.15) is 44.4 Å². The van der Waals surface area contributed by atoms with Crippen molar-refractivity contribution in [3.8, 4) is 11.5 Å². The lowest BCUT2D eigenvalue weighted by atomic mass is 9.94. The average molecular weight is 476 g/mol. The van der Waals surface area contributed by atoms with Gasteiger partial charge in [-0.3, -0.25) is 4.79 Å². The number of nitrogens with two attached hydrogens (primary N) is 1. The van der Waals surface area contributed by atoms with Gasteiger partial charge in [0.15, 0.2) is 11.5 Å². The summed E-state index contributed by atoms with van der Waals surface area (Å²) in [6, 6.07) is 10.8. The fourth-order valence-electron chi connectivity index (χ4n) is 3.93. The number of carbonyl (C=O) groups is 1. The smallest absolute Gasteiger partial charge is 0.256 e. The standard InChI is InChI=1S/C24H30ClN3O5/c1-24(2,3)13-28-17-10-9-14(25)11-16(17)21(33-19(23(28)29)12-20(26)27-30)15-7-6-8-18(31-4)22(15)32-5/h6-11,19,21,30H,12-13H2,1-5H3,(H2,26,27)/t19-,21-/m1/s1. The normalized spacial score (nSPS) is 19.2. The Bertz CT molecular complexity index is 1050. The van der Waals surface area contributed by atoms with E-state index in [2.05, 4.69) is 5.16 Å². The van der Waals surface area contributed by atoms with Crippen LogP contribution in [0.5, 0.6) is 11.5 Å². The van der Waals surface area contributed by atoms with Crippen LogP contribution in [0.15, 0.2) is 41.6 Å². The van der Waals surface area contributed by atoms with Crippen molar-refractivity contribution in [2.75, 3.05) is 25.7 Å². The van der Waals surface area contributed by atoms with Crippen molar-refractivity contribution in [3.05, 3.63) is 52.5 Å². The highest BCUT2D eigenvalue weighted by Crippen LogP contribution is 2.45. The topological polar surface area (TPSA) is 107 Å². The van der Waals surface area contributed by atoms with Gasteiger partial charge in [0.25, 0.3) is 5.91 Å². The van der Waals surface area contributed by atoms with Gasteiger partial charge in [-0.15, -0.1) is 0 Å². The minimum absolute atomic E-state index is 0.0829. The van der Waals surface area contributed by atoms with Crippen LogP contribution in [0, 0.1) is 5.41 Å². The first kappa shape index (κ1) is 24.7. The van der Waals surface area contributed by atoms with Crippen LogP contribution < -0.4 is 20.1 Å². The molecule has 2 atom stereocenters. The van der Waals surface area contributed by atoms with Crippen molar-refractivity contribution in [1.82, 2.24) is 0 Å². The minimum atomic E-state index is -1.00. The first-order valence-electron chi connectivity index (χ1n) is 10.5. The molecule has 0 saturated heterocycles. The second-order valence-corrected chi connectivity index (χ2v) is 9.51. The number of ether oxygens (including phenoxy) is 3. The molecule has 1 heterocycles. The Kier molecular flexibility index (Phi) is 7.39. The number of para-hydroxylation sites is 1. The molecule has 0 spiro atoms. The van der Waals surface area contributed by atoms with Crippen molar-refractivity contribution in [2.24, 2.45) is 16.3 Å². The van der Waals surface area contributed by atoms with Gasteiger partial charge in [0.1, 0.15) is 18.0 Å². The molecule has 2 aromatic carbocycles. The second-order valence-electron chi connectivity index (χ2n) is 9.07. The summed E-state index contributed by atoms with van der Waals surface area (Å²) in [5.41, 5.74) is 7.62. The highest BCUT2D eigenvalue weighted by molar-refractivity contribution is 6.30. The largest absolute Gasteiger partial charge is 0.493 e. The van der Waals surface area contributed by atoms with Crippen molar-refractivity contribution in [3.63, 3.8) is 0 Å². The number of rotatable bonds is 6. The van der Waals surface area contributed by atoms with Crippen molar-refractivity contribution < 1.29 is 24.2 Å². The third-order valence-electron chi connectivity index (χ3n) is 5.28. The number of benzene rings is 2. The Morgan fingerprint density at radius 2 is 1.94 bits per heavy atom. The third-order valence-corrected chi connectivity index (χ3v) is 5.51. The summed E-state index contributed by atoms with van der Waals surface area (Å²) in [5.74, 6) is 0.612. The molecule has 0 radical (unpaired) electrons. The van der Waals surface area contributed by atoms with Gasteiger partial charge < -0.3 is 30.1 Å². The van der Waals surface area contributed by atoms with E-state index >= 15 is 0 Å². The highest BCUT2D eigenvalue weighted by Gasteiger charge is 2.39. The van der Waals surface area contributed by atoms with Crippen LogP contribution in [0.2, 0.25) is 5.02 Å². The average Bonchev–Trinajstić information content (AvgIpc) is 2.87. The number of nitrogens with zero attached hydrogens (tertiary/aromatic N) is 2. The van der Waals surface area contributed by atoms with E-state index in [1.165, 1.54) is 0 Å². The maximum absolute atomic E-state index is 13.7. The lowest BCUT2D eigenvalue weighted by Crippen LogP contribution is -2.44. The van der Waals surface area contributed by atoms with Gasteiger partial charge in [-0.05, 0) is 29.7 Å². The number of methoxy groups -OCH3 is 2. The number of amides is 1. The van der Waals surface area contributed by atoms with E-state index in [4.69, 9.17) is 36.8 Å². The molecule has 0 aromatic heterocycles. The molecule has 9 heteroatoms. The molecule has 8 nitrogen and oxygen atoms in total. The Morgan fingerprint density at radius 1 is 1.21 bits per heavy atom. The van der Waals surface area contributed by atoms with E-state index < -0.39 is 12.2 Å². The van der Waals surface area contributed by atoms with Gasteiger partial charge in [0, 0.05) is 34.8 Å². The van der Waals surface area contributed by atoms with Gasteiger partial charge in [0.2, 0.25) is 0 Å². The van der Waals surface area contributed by atoms with E-state index in [1.54, 1.807) is 37.3 Å². The quantitative estimate of drug-likeness (QED) is 0.278. The van der Waals surface area contributed by atoms with Crippen LogP contribution in [-0.2, 0) is 9.53 Å². The Balaban J connectivity index is 2.27. The van der Waals surface area contributed by atoms with Gasteiger partial charge in [-0.2, -0.15) is 0 Å². The molecule has 0 aliphatic carbocycles.